The molecular formula is C23H21NO5. The first kappa shape index (κ1) is 18.9. The van der Waals surface area contributed by atoms with Gasteiger partial charge in [-0.1, -0.05) is 30.3 Å². The summed E-state index contributed by atoms with van der Waals surface area (Å²) >= 11 is 0. The summed E-state index contributed by atoms with van der Waals surface area (Å²) in [6.45, 7) is 0. The van der Waals surface area contributed by atoms with Crippen molar-refractivity contribution in [3.8, 4) is 17.0 Å². The van der Waals surface area contributed by atoms with Crippen molar-refractivity contribution in [1.29, 1.82) is 0 Å². The van der Waals surface area contributed by atoms with E-state index < -0.39 is 17.4 Å². The third-order valence-electron chi connectivity index (χ3n) is 5.53. The van der Waals surface area contributed by atoms with Gasteiger partial charge < -0.3 is 14.2 Å². The van der Waals surface area contributed by atoms with Crippen molar-refractivity contribution in [2.45, 2.75) is 12.8 Å². The topological polar surface area (TPSA) is 74.7 Å². The molecule has 0 fully saturated rings. The van der Waals surface area contributed by atoms with Gasteiger partial charge in [-0.2, -0.15) is 0 Å². The number of methoxy groups -OCH3 is 3. The third-order valence-corrected chi connectivity index (χ3v) is 5.53. The van der Waals surface area contributed by atoms with Crippen LogP contribution in [0.2, 0.25) is 0 Å². The fourth-order valence-electron chi connectivity index (χ4n) is 4.18. The molecule has 0 saturated carbocycles. The van der Waals surface area contributed by atoms with Gasteiger partial charge in [0.25, 0.3) is 0 Å². The van der Waals surface area contributed by atoms with E-state index >= 15 is 0 Å². The average molecular weight is 391 g/mol. The first-order valence-electron chi connectivity index (χ1n) is 9.26. The number of hydrogen-bond donors (Lipinski definition) is 0. The molecule has 0 spiro atoms. The average Bonchev–Trinajstić information content (AvgIpc) is 2.78. The number of ether oxygens (including phenoxy) is 3. The van der Waals surface area contributed by atoms with Crippen LogP contribution in [0.5, 0.6) is 5.75 Å². The molecule has 0 unspecified atom stereocenters. The van der Waals surface area contributed by atoms with Crippen LogP contribution in [-0.2, 0) is 31.9 Å². The highest BCUT2D eigenvalue weighted by Crippen LogP contribution is 2.44. The maximum atomic E-state index is 12.8. The zero-order valence-electron chi connectivity index (χ0n) is 16.5. The SMILES string of the molecule is COC(=O)C1(C(=O)OC)Cc2cc(-c3ccccc3)nc3ccc(OC)c(c23)C1. The van der Waals surface area contributed by atoms with E-state index in [1.807, 2.05) is 48.5 Å². The van der Waals surface area contributed by atoms with Gasteiger partial charge in [-0.25, -0.2) is 4.98 Å². The molecule has 1 aliphatic carbocycles. The van der Waals surface area contributed by atoms with Gasteiger partial charge in [-0.15, -0.1) is 0 Å². The summed E-state index contributed by atoms with van der Waals surface area (Å²) in [7, 11) is 4.13. The molecule has 0 bridgehead atoms. The van der Waals surface area contributed by atoms with Gasteiger partial charge in [0.2, 0.25) is 0 Å². The zero-order valence-corrected chi connectivity index (χ0v) is 16.5. The first-order valence-corrected chi connectivity index (χ1v) is 9.26. The lowest BCUT2D eigenvalue weighted by Crippen LogP contribution is -2.46. The predicted octanol–water partition coefficient (Wildman–Crippen LogP) is 3.34. The van der Waals surface area contributed by atoms with Crippen molar-refractivity contribution in [1.82, 2.24) is 4.98 Å². The van der Waals surface area contributed by atoms with E-state index in [9.17, 15) is 9.59 Å². The largest absolute Gasteiger partial charge is 0.496 e. The van der Waals surface area contributed by atoms with Crippen LogP contribution in [0.4, 0.5) is 0 Å². The van der Waals surface area contributed by atoms with Crippen LogP contribution in [0.1, 0.15) is 11.1 Å². The number of hydrogen-bond acceptors (Lipinski definition) is 6. The second-order valence-corrected chi connectivity index (χ2v) is 7.09. The van der Waals surface area contributed by atoms with E-state index in [1.165, 1.54) is 14.2 Å². The smallest absolute Gasteiger partial charge is 0.323 e. The Kier molecular flexibility index (Phi) is 4.70. The Morgan fingerprint density at radius 3 is 2.24 bits per heavy atom. The highest BCUT2D eigenvalue weighted by molar-refractivity contribution is 6.04. The normalized spacial score (nSPS) is 14.3. The van der Waals surface area contributed by atoms with Gasteiger partial charge in [0.05, 0.1) is 32.5 Å². The summed E-state index contributed by atoms with van der Waals surface area (Å²) in [5.41, 5.74) is 2.65. The number of nitrogens with zero attached hydrogens (tertiary/aromatic N) is 1. The molecule has 4 rings (SSSR count). The fourth-order valence-corrected chi connectivity index (χ4v) is 4.18. The van der Waals surface area contributed by atoms with Gasteiger partial charge in [-0.05, 0) is 23.8 Å². The van der Waals surface area contributed by atoms with Crippen molar-refractivity contribution >= 4 is 22.8 Å². The zero-order chi connectivity index (χ0) is 20.6. The minimum atomic E-state index is -1.46. The molecule has 1 heterocycles. The van der Waals surface area contributed by atoms with E-state index in [-0.39, 0.29) is 12.8 Å². The molecule has 1 aromatic heterocycles. The van der Waals surface area contributed by atoms with Gasteiger partial charge in [0.15, 0.2) is 5.41 Å². The maximum Gasteiger partial charge on any atom is 0.323 e. The van der Waals surface area contributed by atoms with Gasteiger partial charge in [0, 0.05) is 29.4 Å². The number of esters is 2. The number of carbonyl (C=O) groups is 2. The quantitative estimate of drug-likeness (QED) is 0.502. The number of aromatic nitrogens is 1. The molecule has 0 aliphatic heterocycles. The third kappa shape index (κ3) is 2.92. The monoisotopic (exact) mass is 391 g/mol. The molecule has 2 aromatic carbocycles. The summed E-state index contributed by atoms with van der Waals surface area (Å²) in [4.78, 5) is 30.4. The molecule has 148 valence electrons. The van der Waals surface area contributed by atoms with Gasteiger partial charge in [-0.3, -0.25) is 9.59 Å². The maximum absolute atomic E-state index is 12.8. The summed E-state index contributed by atoms with van der Waals surface area (Å²) < 4.78 is 15.6. The lowest BCUT2D eigenvalue weighted by Gasteiger charge is -2.34. The van der Waals surface area contributed by atoms with Crippen molar-refractivity contribution in [3.05, 3.63) is 59.7 Å². The van der Waals surface area contributed by atoms with E-state index in [0.29, 0.717) is 5.75 Å². The number of benzene rings is 2. The van der Waals surface area contributed by atoms with Crippen LogP contribution in [0.25, 0.3) is 22.2 Å². The minimum Gasteiger partial charge on any atom is -0.496 e. The van der Waals surface area contributed by atoms with Gasteiger partial charge >= 0.3 is 11.9 Å². The highest BCUT2D eigenvalue weighted by atomic mass is 16.5. The molecule has 0 saturated heterocycles. The fraction of sp³-hybridized carbons (Fsp3) is 0.261. The lowest BCUT2D eigenvalue weighted by atomic mass is 9.70. The summed E-state index contributed by atoms with van der Waals surface area (Å²) in [6.07, 6.45) is 0.303. The van der Waals surface area contributed by atoms with Crippen LogP contribution in [0.3, 0.4) is 0 Å². The highest BCUT2D eigenvalue weighted by Gasteiger charge is 2.51. The van der Waals surface area contributed by atoms with Crippen molar-refractivity contribution in [3.63, 3.8) is 0 Å². The van der Waals surface area contributed by atoms with E-state index in [0.717, 1.165) is 33.3 Å². The molecule has 29 heavy (non-hydrogen) atoms. The van der Waals surface area contributed by atoms with Crippen LogP contribution in [-0.4, -0.2) is 38.3 Å². The first-order chi connectivity index (χ1) is 14.0. The summed E-state index contributed by atoms with van der Waals surface area (Å²) in [6, 6.07) is 15.4. The second-order valence-electron chi connectivity index (χ2n) is 7.09. The van der Waals surface area contributed by atoms with Crippen molar-refractivity contribution in [2.24, 2.45) is 5.41 Å². The molecule has 6 nitrogen and oxygen atoms in total. The summed E-state index contributed by atoms with van der Waals surface area (Å²) in [5, 5.41) is 0.910. The molecule has 3 aromatic rings. The summed E-state index contributed by atoms with van der Waals surface area (Å²) in [5.74, 6) is -0.635. The van der Waals surface area contributed by atoms with Crippen molar-refractivity contribution in [2.75, 3.05) is 21.3 Å². The van der Waals surface area contributed by atoms with Gasteiger partial charge in [0.1, 0.15) is 5.75 Å². The Balaban J connectivity index is 2.00. The van der Waals surface area contributed by atoms with Crippen molar-refractivity contribution < 1.29 is 23.8 Å². The molecule has 0 atom stereocenters. The molecule has 1 aliphatic rings. The molecule has 0 amide bonds. The molecule has 6 heteroatoms. The Morgan fingerprint density at radius 1 is 0.931 bits per heavy atom. The molecule has 0 N–H and O–H groups in total. The lowest BCUT2D eigenvalue weighted by molar-refractivity contribution is -0.169. The van der Waals surface area contributed by atoms with E-state index in [2.05, 4.69) is 0 Å². The Morgan fingerprint density at radius 2 is 1.62 bits per heavy atom. The Labute approximate surface area is 168 Å². The number of carbonyl (C=O) groups excluding carboxylic acids is 2. The molecular weight excluding hydrogens is 370 g/mol. The Hall–Kier alpha value is -3.41. The Bertz CT molecular complexity index is 1090. The standard InChI is InChI=1S/C23H21NO5/c1-27-19-10-9-17-20-15(11-18(24-17)14-7-5-4-6-8-14)12-23(13-16(19)20,21(25)28-2)22(26)29-3/h4-11H,12-13H2,1-3H3. The van der Waals surface area contributed by atoms with Crippen LogP contribution < -0.4 is 4.74 Å². The number of pyridine rings is 1. The van der Waals surface area contributed by atoms with Crippen LogP contribution >= 0.6 is 0 Å². The molecule has 0 radical (unpaired) electrons. The second kappa shape index (κ2) is 7.20. The van der Waals surface area contributed by atoms with E-state index in [1.54, 1.807) is 7.11 Å². The minimum absolute atomic E-state index is 0.131. The number of rotatable bonds is 4. The predicted molar refractivity (Wildman–Crippen MR) is 108 cm³/mol. The van der Waals surface area contributed by atoms with Crippen LogP contribution in [0.15, 0.2) is 48.5 Å². The van der Waals surface area contributed by atoms with Crippen LogP contribution in [0, 0.1) is 5.41 Å². The van der Waals surface area contributed by atoms with E-state index in [4.69, 9.17) is 19.2 Å².